The Hall–Kier alpha value is -3.41. The average Bonchev–Trinajstić information content (AvgIpc) is 3.34. The fraction of sp³-hybridized carbons (Fsp3) is 0.323. The first-order chi connectivity index (χ1) is 22.3. The van der Waals surface area contributed by atoms with Gasteiger partial charge >= 0.3 is 6.18 Å². The van der Waals surface area contributed by atoms with Gasteiger partial charge in [-0.3, -0.25) is 4.79 Å². The standard InChI is InChI=1S/C31H31ClF4N2O4S/c1-2-43(41,42)26-10-6-20(7-11-26)28(4-3-15-39)37-30(40)22-8-12-29-23(16-22)18-25(38(29)14-13-33)17-21-5-9-24(32)19-27(21)31(34,35)36/h5-12,16,18-19,28,39H,2-4,13-15,17H2,1H3,(H,37,40)/i1D3,2D2. The molecule has 2 N–H and O–H groups in total. The number of benzene rings is 3. The molecule has 1 atom stereocenters. The van der Waals surface area contributed by atoms with Gasteiger partial charge in [0.25, 0.3) is 5.91 Å². The Morgan fingerprint density at radius 2 is 1.86 bits per heavy atom. The van der Waals surface area contributed by atoms with Crippen molar-refractivity contribution in [3.63, 3.8) is 0 Å². The molecule has 12 heteroatoms. The lowest BCUT2D eigenvalue weighted by atomic mass is 10.0. The van der Waals surface area contributed by atoms with Crippen LogP contribution in [-0.4, -0.2) is 43.0 Å². The Bertz CT molecular complexity index is 1900. The number of hydrogen-bond acceptors (Lipinski definition) is 4. The fourth-order valence-electron chi connectivity index (χ4n) is 4.92. The number of carbonyl (C=O) groups excluding carboxylic acids is 1. The maximum Gasteiger partial charge on any atom is 0.416 e. The van der Waals surface area contributed by atoms with Crippen LogP contribution in [0.3, 0.4) is 0 Å². The molecule has 0 spiro atoms. The molecule has 0 fully saturated rings. The van der Waals surface area contributed by atoms with Crippen LogP contribution in [0, 0.1) is 0 Å². The van der Waals surface area contributed by atoms with Gasteiger partial charge in [-0.05, 0) is 72.5 Å². The number of sulfone groups is 1. The first kappa shape index (κ1) is 26.0. The highest BCUT2D eigenvalue weighted by Crippen LogP contribution is 2.35. The van der Waals surface area contributed by atoms with Crippen LogP contribution in [0.1, 0.15) is 65.3 Å². The number of fused-ring (bicyclic) bond motifs is 1. The highest BCUT2D eigenvalue weighted by Gasteiger charge is 2.33. The predicted molar refractivity (Wildman–Crippen MR) is 158 cm³/mol. The molecule has 0 bridgehead atoms. The Morgan fingerprint density at radius 1 is 1.12 bits per heavy atom. The zero-order valence-corrected chi connectivity index (χ0v) is 24.2. The molecule has 0 saturated heterocycles. The summed E-state index contributed by atoms with van der Waals surface area (Å²) in [4.78, 5) is 12.8. The number of aryl methyl sites for hydroxylation is 1. The largest absolute Gasteiger partial charge is 0.416 e. The van der Waals surface area contributed by atoms with Crippen LogP contribution in [0.15, 0.2) is 71.6 Å². The van der Waals surface area contributed by atoms with Crippen LogP contribution in [0.2, 0.25) is 5.02 Å². The number of aromatic nitrogens is 1. The Kier molecular flexibility index (Phi) is 8.16. The maximum absolute atomic E-state index is 13.7. The molecule has 1 unspecified atom stereocenters. The molecule has 230 valence electrons. The molecule has 43 heavy (non-hydrogen) atoms. The third-order valence-electron chi connectivity index (χ3n) is 6.99. The lowest BCUT2D eigenvalue weighted by Crippen LogP contribution is -2.28. The number of amides is 1. The number of nitrogens with zero attached hydrogens (tertiary/aromatic N) is 1. The van der Waals surface area contributed by atoms with E-state index < -0.39 is 57.7 Å². The van der Waals surface area contributed by atoms with Gasteiger partial charge in [0.2, 0.25) is 0 Å². The number of carbonyl (C=O) groups is 1. The number of rotatable bonds is 12. The molecule has 0 aliphatic carbocycles. The van der Waals surface area contributed by atoms with E-state index in [1.807, 2.05) is 0 Å². The molecule has 4 rings (SSSR count). The highest BCUT2D eigenvalue weighted by atomic mass is 35.5. The minimum absolute atomic E-state index is 0.0622. The first-order valence-electron chi connectivity index (χ1n) is 15.6. The molecule has 0 saturated carbocycles. The Labute approximate surface area is 259 Å². The summed E-state index contributed by atoms with van der Waals surface area (Å²) in [5, 5.41) is 12.6. The quantitative estimate of drug-likeness (QED) is 0.164. The van der Waals surface area contributed by atoms with E-state index in [0.29, 0.717) is 22.2 Å². The molecule has 6 nitrogen and oxygen atoms in total. The molecule has 1 amide bonds. The summed E-state index contributed by atoms with van der Waals surface area (Å²) >= 11 is 5.82. The smallest absolute Gasteiger partial charge is 0.396 e. The van der Waals surface area contributed by atoms with Gasteiger partial charge in [0.15, 0.2) is 9.84 Å². The van der Waals surface area contributed by atoms with Crippen LogP contribution in [-0.2, 0) is 29.0 Å². The van der Waals surface area contributed by atoms with Crippen molar-refractivity contribution in [2.75, 3.05) is 19.0 Å². The number of nitrogens with one attached hydrogen (secondary N) is 1. The number of hydrogen-bond donors (Lipinski definition) is 2. The molecular weight excluding hydrogens is 608 g/mol. The highest BCUT2D eigenvalue weighted by molar-refractivity contribution is 7.91. The second-order valence-electron chi connectivity index (χ2n) is 9.79. The zero-order chi connectivity index (χ0) is 35.7. The lowest BCUT2D eigenvalue weighted by Gasteiger charge is -2.19. The van der Waals surface area contributed by atoms with Crippen molar-refractivity contribution in [1.29, 1.82) is 0 Å². The molecule has 4 aromatic rings. The van der Waals surface area contributed by atoms with Crippen molar-refractivity contribution >= 4 is 38.2 Å². The van der Waals surface area contributed by atoms with Crippen molar-refractivity contribution < 1.29 is 42.7 Å². The van der Waals surface area contributed by atoms with Gasteiger partial charge in [-0.1, -0.05) is 36.7 Å². The van der Waals surface area contributed by atoms with E-state index >= 15 is 0 Å². The predicted octanol–water partition coefficient (Wildman–Crippen LogP) is 6.91. The molecule has 1 aromatic heterocycles. The van der Waals surface area contributed by atoms with E-state index in [-0.39, 0.29) is 48.6 Å². The van der Waals surface area contributed by atoms with Crippen molar-refractivity contribution in [3.05, 3.63) is 99.7 Å². The second kappa shape index (κ2) is 13.5. The monoisotopic (exact) mass is 643 g/mol. The van der Waals surface area contributed by atoms with Gasteiger partial charge in [0.1, 0.15) is 6.67 Å². The van der Waals surface area contributed by atoms with Crippen molar-refractivity contribution in [3.8, 4) is 0 Å². The van der Waals surface area contributed by atoms with Crippen LogP contribution in [0.4, 0.5) is 17.6 Å². The van der Waals surface area contributed by atoms with Gasteiger partial charge in [-0.25, -0.2) is 12.8 Å². The Morgan fingerprint density at radius 3 is 2.51 bits per heavy atom. The van der Waals surface area contributed by atoms with Gasteiger partial charge in [0.05, 0.1) is 28.8 Å². The van der Waals surface area contributed by atoms with Crippen molar-refractivity contribution in [2.45, 2.75) is 49.8 Å². The topological polar surface area (TPSA) is 88.4 Å². The normalized spacial score (nSPS) is 15.3. The zero-order valence-electron chi connectivity index (χ0n) is 27.6. The van der Waals surface area contributed by atoms with Gasteiger partial charge in [0, 0.05) is 47.1 Å². The number of halogens is 5. The number of aliphatic hydroxyl groups excluding tert-OH is 1. The Balaban J connectivity index is 1.64. The van der Waals surface area contributed by atoms with Crippen LogP contribution in [0.5, 0.6) is 0 Å². The summed E-state index contributed by atoms with van der Waals surface area (Å²) in [6.07, 6.45) is -4.40. The van der Waals surface area contributed by atoms with E-state index in [4.69, 9.17) is 18.5 Å². The van der Waals surface area contributed by atoms with E-state index in [0.717, 1.165) is 18.2 Å². The van der Waals surface area contributed by atoms with E-state index in [1.165, 1.54) is 36.4 Å². The second-order valence-corrected chi connectivity index (χ2v) is 11.9. The summed E-state index contributed by atoms with van der Waals surface area (Å²) in [6, 6.07) is 13.5. The molecule has 3 aromatic carbocycles. The summed E-state index contributed by atoms with van der Waals surface area (Å²) in [5.74, 6) is -0.577. The van der Waals surface area contributed by atoms with E-state index in [2.05, 4.69) is 5.32 Å². The van der Waals surface area contributed by atoms with Crippen LogP contribution < -0.4 is 5.32 Å². The van der Waals surface area contributed by atoms with Gasteiger partial charge in [-0.15, -0.1) is 0 Å². The van der Waals surface area contributed by atoms with Crippen molar-refractivity contribution in [1.82, 2.24) is 9.88 Å². The third-order valence-corrected chi connectivity index (χ3v) is 8.39. The first-order valence-corrected chi connectivity index (χ1v) is 15.0. The van der Waals surface area contributed by atoms with Crippen LogP contribution >= 0.6 is 11.6 Å². The number of alkyl halides is 4. The molecule has 0 aliphatic rings. The van der Waals surface area contributed by atoms with Crippen molar-refractivity contribution in [2.24, 2.45) is 0 Å². The minimum Gasteiger partial charge on any atom is -0.396 e. The van der Waals surface area contributed by atoms with E-state index in [9.17, 15) is 35.9 Å². The molecule has 0 radical (unpaired) electrons. The summed E-state index contributed by atoms with van der Waals surface area (Å²) in [7, 11) is -4.92. The molecule has 0 aliphatic heterocycles. The van der Waals surface area contributed by atoms with Gasteiger partial charge in [-0.2, -0.15) is 13.2 Å². The van der Waals surface area contributed by atoms with Gasteiger partial charge < -0.3 is 15.0 Å². The third kappa shape index (κ3) is 7.57. The fourth-order valence-corrected chi connectivity index (χ4v) is 5.71. The molecule has 1 heterocycles. The minimum atomic E-state index is -4.92. The van der Waals surface area contributed by atoms with Crippen LogP contribution in [0.25, 0.3) is 10.9 Å². The number of aliphatic hydroxyl groups is 1. The summed E-state index contributed by atoms with van der Waals surface area (Å²) in [5.41, 5.74) is -3.10. The average molecular weight is 644 g/mol. The molecular formula is C31H31ClF4N2O4S. The maximum atomic E-state index is 13.7. The lowest BCUT2D eigenvalue weighted by molar-refractivity contribution is -0.138. The SMILES string of the molecule is [2H]C([2H])([2H])C([2H])([2H])S(=O)(=O)c1ccc(C(CCCO)NC(=O)c2ccc3c(c2)cc(Cc2ccc(Cl)cc2C(F)(F)F)n3CCF)cc1. The summed E-state index contributed by atoms with van der Waals surface area (Å²) < 4.78 is 119. The summed E-state index contributed by atoms with van der Waals surface area (Å²) in [6.45, 7) is -4.60. The van der Waals surface area contributed by atoms with E-state index in [1.54, 1.807) is 16.7 Å².